The molecule has 0 aromatic heterocycles. The third kappa shape index (κ3) is 4.65. The van der Waals surface area contributed by atoms with Gasteiger partial charge >= 0.3 is 0 Å². The highest BCUT2D eigenvalue weighted by molar-refractivity contribution is 7.89. The van der Waals surface area contributed by atoms with Gasteiger partial charge < -0.3 is 4.90 Å². The number of amides is 1. The maximum Gasteiger partial charge on any atom is 0.254 e. The van der Waals surface area contributed by atoms with Crippen molar-refractivity contribution in [2.45, 2.75) is 64.3 Å². The van der Waals surface area contributed by atoms with E-state index in [-0.39, 0.29) is 16.8 Å². The maximum atomic E-state index is 13.1. The number of sulfonamides is 1. The van der Waals surface area contributed by atoms with E-state index in [1.807, 2.05) is 18.7 Å². The second-order valence-electron chi connectivity index (χ2n) is 7.39. The highest BCUT2D eigenvalue weighted by atomic mass is 32.2. The molecule has 0 N–H and O–H groups in total. The smallest absolute Gasteiger partial charge is 0.254 e. The Labute approximate surface area is 158 Å². The molecule has 1 aliphatic rings. The summed E-state index contributed by atoms with van der Waals surface area (Å²) in [5, 5.41) is 0. The molecule has 2 rings (SSSR count). The fourth-order valence-corrected chi connectivity index (χ4v) is 5.23. The number of benzene rings is 1. The van der Waals surface area contributed by atoms with Crippen LogP contribution in [0.15, 0.2) is 29.2 Å². The van der Waals surface area contributed by atoms with Crippen molar-refractivity contribution < 1.29 is 13.2 Å². The minimum absolute atomic E-state index is 0.0491. The number of nitrogens with zero attached hydrogens (tertiary/aromatic N) is 2. The summed E-state index contributed by atoms with van der Waals surface area (Å²) in [5.74, 6) is 0.481. The van der Waals surface area contributed by atoms with Crippen LogP contribution in [0.3, 0.4) is 0 Å². The van der Waals surface area contributed by atoms with Crippen molar-refractivity contribution in [1.82, 2.24) is 9.21 Å². The Morgan fingerprint density at radius 2 is 1.92 bits per heavy atom. The van der Waals surface area contributed by atoms with E-state index in [1.165, 1.54) is 10.4 Å². The van der Waals surface area contributed by atoms with Gasteiger partial charge in [-0.25, -0.2) is 8.42 Å². The molecular formula is C20H32N2O3S. The van der Waals surface area contributed by atoms with E-state index >= 15 is 0 Å². The van der Waals surface area contributed by atoms with Crippen LogP contribution in [0.4, 0.5) is 0 Å². The normalized spacial score (nSPS) is 18.5. The molecule has 1 aromatic carbocycles. The molecule has 1 fully saturated rings. The predicted molar refractivity (Wildman–Crippen MR) is 105 cm³/mol. The van der Waals surface area contributed by atoms with E-state index < -0.39 is 10.0 Å². The molecule has 0 aliphatic carbocycles. The van der Waals surface area contributed by atoms with Crippen LogP contribution in [-0.4, -0.2) is 49.2 Å². The van der Waals surface area contributed by atoms with Crippen LogP contribution in [0.5, 0.6) is 0 Å². The van der Waals surface area contributed by atoms with Gasteiger partial charge in [0, 0.05) is 31.2 Å². The van der Waals surface area contributed by atoms with Crippen molar-refractivity contribution in [1.29, 1.82) is 0 Å². The second-order valence-corrected chi connectivity index (χ2v) is 9.33. The fourth-order valence-electron chi connectivity index (χ4n) is 3.73. The summed E-state index contributed by atoms with van der Waals surface area (Å²) >= 11 is 0. The molecule has 1 saturated heterocycles. The molecule has 6 heteroatoms. The van der Waals surface area contributed by atoms with Gasteiger partial charge in [-0.05, 0) is 49.8 Å². The molecule has 0 saturated carbocycles. The lowest BCUT2D eigenvalue weighted by molar-refractivity contribution is 0.0584. The zero-order chi connectivity index (χ0) is 19.3. The van der Waals surface area contributed by atoms with E-state index in [0.717, 1.165) is 32.2 Å². The number of hydrogen-bond donors (Lipinski definition) is 0. The number of likely N-dealkylation sites (tertiary alicyclic amines) is 1. The van der Waals surface area contributed by atoms with Gasteiger partial charge in [-0.2, -0.15) is 4.31 Å². The quantitative estimate of drug-likeness (QED) is 0.724. The largest absolute Gasteiger partial charge is 0.336 e. The van der Waals surface area contributed by atoms with E-state index in [0.29, 0.717) is 24.6 Å². The monoisotopic (exact) mass is 380 g/mol. The molecule has 5 nitrogen and oxygen atoms in total. The summed E-state index contributed by atoms with van der Waals surface area (Å²) in [7, 11) is -3.56. The molecular weight excluding hydrogens is 348 g/mol. The standard InChI is InChI=1S/C20H32N2O3S/c1-5-21(6-2)26(24,25)19-12-9-10-17(15-19)20(23)22-13-8-7-11-18(22)14-16(3)4/h9-10,12,15-16,18H,5-8,11,13-14H2,1-4H3/t18-/m1/s1. The molecule has 0 spiro atoms. The van der Waals surface area contributed by atoms with Gasteiger partial charge in [0.15, 0.2) is 0 Å². The van der Waals surface area contributed by atoms with E-state index in [2.05, 4.69) is 13.8 Å². The molecule has 1 heterocycles. The number of piperidine rings is 1. The molecule has 0 bridgehead atoms. The average molecular weight is 381 g/mol. The summed E-state index contributed by atoms with van der Waals surface area (Å²) in [6.45, 7) is 9.58. The molecule has 1 amide bonds. The Morgan fingerprint density at radius 3 is 2.54 bits per heavy atom. The molecule has 1 aliphatic heterocycles. The van der Waals surface area contributed by atoms with Gasteiger partial charge in [0.1, 0.15) is 0 Å². The van der Waals surface area contributed by atoms with E-state index in [1.54, 1.807) is 18.2 Å². The number of rotatable bonds is 7. The fraction of sp³-hybridized carbons (Fsp3) is 0.650. The van der Waals surface area contributed by atoms with E-state index in [4.69, 9.17) is 0 Å². The Hall–Kier alpha value is -1.40. The van der Waals surface area contributed by atoms with Crippen molar-refractivity contribution in [3.63, 3.8) is 0 Å². The Kier molecular flexibility index (Phi) is 7.24. The van der Waals surface area contributed by atoms with Crippen LogP contribution < -0.4 is 0 Å². The lowest BCUT2D eigenvalue weighted by Crippen LogP contribution is -2.44. The number of carbonyl (C=O) groups excluding carboxylic acids is 1. The lowest BCUT2D eigenvalue weighted by atomic mass is 9.93. The number of carbonyl (C=O) groups is 1. The topological polar surface area (TPSA) is 57.7 Å². The van der Waals surface area contributed by atoms with Crippen LogP contribution >= 0.6 is 0 Å². The summed E-state index contributed by atoms with van der Waals surface area (Å²) in [5.41, 5.74) is 0.467. The Balaban J connectivity index is 2.30. The van der Waals surface area contributed by atoms with Gasteiger partial charge in [-0.15, -0.1) is 0 Å². The molecule has 0 radical (unpaired) electrons. The van der Waals surface area contributed by atoms with Gasteiger partial charge in [0.2, 0.25) is 10.0 Å². The molecule has 146 valence electrons. The number of hydrogen-bond acceptors (Lipinski definition) is 3. The first-order chi connectivity index (χ1) is 12.3. The summed E-state index contributed by atoms with van der Waals surface area (Å²) in [6.07, 6.45) is 4.18. The van der Waals surface area contributed by atoms with Crippen molar-refractivity contribution >= 4 is 15.9 Å². The van der Waals surface area contributed by atoms with Crippen molar-refractivity contribution in [3.8, 4) is 0 Å². The van der Waals surface area contributed by atoms with Crippen molar-refractivity contribution in [2.24, 2.45) is 5.92 Å². The molecule has 1 aromatic rings. The predicted octanol–water partition coefficient (Wildman–Crippen LogP) is 3.76. The van der Waals surface area contributed by atoms with Crippen molar-refractivity contribution in [3.05, 3.63) is 29.8 Å². The lowest BCUT2D eigenvalue weighted by Gasteiger charge is -2.37. The zero-order valence-corrected chi connectivity index (χ0v) is 17.3. The Bertz CT molecular complexity index is 712. The summed E-state index contributed by atoms with van der Waals surface area (Å²) < 4.78 is 26.9. The van der Waals surface area contributed by atoms with Gasteiger partial charge in [0.25, 0.3) is 5.91 Å². The summed E-state index contributed by atoms with van der Waals surface area (Å²) in [4.78, 5) is 15.2. The van der Waals surface area contributed by atoms with Crippen LogP contribution in [0.2, 0.25) is 0 Å². The highest BCUT2D eigenvalue weighted by Crippen LogP contribution is 2.25. The van der Waals surface area contributed by atoms with Crippen LogP contribution in [-0.2, 0) is 10.0 Å². The first-order valence-electron chi connectivity index (χ1n) is 9.72. The second kappa shape index (κ2) is 9.00. The molecule has 26 heavy (non-hydrogen) atoms. The maximum absolute atomic E-state index is 13.1. The summed E-state index contributed by atoms with van der Waals surface area (Å²) in [6, 6.07) is 6.76. The Morgan fingerprint density at radius 1 is 1.23 bits per heavy atom. The highest BCUT2D eigenvalue weighted by Gasteiger charge is 2.29. The average Bonchev–Trinajstić information content (AvgIpc) is 2.62. The first-order valence-corrected chi connectivity index (χ1v) is 11.2. The van der Waals surface area contributed by atoms with Gasteiger partial charge in [-0.1, -0.05) is 33.8 Å². The molecule has 1 atom stereocenters. The SMILES string of the molecule is CCN(CC)S(=O)(=O)c1cccc(C(=O)N2CCCC[C@@H]2CC(C)C)c1. The third-order valence-electron chi connectivity index (χ3n) is 5.06. The minimum atomic E-state index is -3.56. The third-order valence-corrected chi connectivity index (χ3v) is 7.10. The van der Waals surface area contributed by atoms with Crippen molar-refractivity contribution in [2.75, 3.05) is 19.6 Å². The van der Waals surface area contributed by atoms with Gasteiger partial charge in [-0.3, -0.25) is 4.79 Å². The minimum Gasteiger partial charge on any atom is -0.336 e. The van der Waals surface area contributed by atoms with E-state index in [9.17, 15) is 13.2 Å². The first kappa shape index (κ1) is 20.9. The van der Waals surface area contributed by atoms with Gasteiger partial charge in [0.05, 0.1) is 4.90 Å². The van der Waals surface area contributed by atoms with Crippen LogP contribution in [0.1, 0.15) is 63.7 Å². The van der Waals surface area contributed by atoms with Crippen LogP contribution in [0.25, 0.3) is 0 Å². The zero-order valence-electron chi connectivity index (χ0n) is 16.4. The van der Waals surface area contributed by atoms with Crippen LogP contribution in [0, 0.1) is 5.92 Å². The molecule has 0 unspecified atom stereocenters.